The second-order valence-electron chi connectivity index (χ2n) is 1.94. The zero-order chi connectivity index (χ0) is 6.69. The third kappa shape index (κ3) is 1.54. The van der Waals surface area contributed by atoms with E-state index in [1.165, 1.54) is 0 Å². The molecule has 0 bridgehead atoms. The van der Waals surface area contributed by atoms with E-state index >= 15 is 0 Å². The molecule has 1 radical (unpaired) electrons. The van der Waals surface area contributed by atoms with Crippen molar-refractivity contribution in [2.24, 2.45) is 0 Å². The maximum absolute atomic E-state index is 3.91. The number of rotatable bonds is 2. The Labute approximate surface area is 54.5 Å². The van der Waals surface area contributed by atoms with Crippen LogP contribution in [0.15, 0.2) is 0 Å². The molecule has 0 saturated carbocycles. The van der Waals surface area contributed by atoms with E-state index in [1.54, 1.807) is 0 Å². The normalized spacial score (nSPS) is 10.0. The Bertz CT molecular complexity index is 180. The van der Waals surface area contributed by atoms with Crippen LogP contribution < -0.4 is 5.32 Å². The molecular formula is C6H10N3. The summed E-state index contributed by atoms with van der Waals surface area (Å²) in [7, 11) is 1.89. The molecule has 0 saturated heterocycles. The molecule has 2 N–H and O–H groups in total. The van der Waals surface area contributed by atoms with E-state index in [2.05, 4.69) is 21.5 Å². The van der Waals surface area contributed by atoms with Gasteiger partial charge in [0, 0.05) is 6.54 Å². The zero-order valence-corrected chi connectivity index (χ0v) is 5.65. The van der Waals surface area contributed by atoms with E-state index in [0.717, 1.165) is 18.1 Å². The van der Waals surface area contributed by atoms with Gasteiger partial charge in [0.15, 0.2) is 0 Å². The number of aromatic amines is 1. The summed E-state index contributed by atoms with van der Waals surface area (Å²) in [5.41, 5.74) is 1.01. The molecule has 9 heavy (non-hydrogen) atoms. The number of H-pyrrole nitrogens is 1. The van der Waals surface area contributed by atoms with Crippen LogP contribution in [-0.4, -0.2) is 17.0 Å². The lowest BCUT2D eigenvalue weighted by Gasteiger charge is -1.90. The Morgan fingerprint density at radius 3 is 3.00 bits per heavy atom. The molecule has 0 spiro atoms. The Balaban J connectivity index is 2.61. The van der Waals surface area contributed by atoms with Crippen LogP contribution >= 0.6 is 0 Å². The van der Waals surface area contributed by atoms with E-state index in [0.29, 0.717) is 0 Å². The largest absolute Gasteiger partial charge is 0.344 e. The quantitative estimate of drug-likeness (QED) is 0.593. The minimum atomic E-state index is 0.806. The highest BCUT2D eigenvalue weighted by Crippen LogP contribution is 1.91. The van der Waals surface area contributed by atoms with Gasteiger partial charge in [0.2, 0.25) is 0 Å². The summed E-state index contributed by atoms with van der Waals surface area (Å²) in [6, 6.07) is 0. The average Bonchev–Trinajstić information content (AvgIpc) is 2.17. The fraction of sp³-hybridized carbons (Fsp3) is 0.500. The molecular weight excluding hydrogens is 114 g/mol. The molecule has 1 aromatic heterocycles. The first-order valence-corrected chi connectivity index (χ1v) is 2.90. The first-order chi connectivity index (χ1) is 4.33. The molecule has 0 unspecified atom stereocenters. The fourth-order valence-corrected chi connectivity index (χ4v) is 0.686. The lowest BCUT2D eigenvalue weighted by molar-refractivity contribution is 0.794. The number of imidazole rings is 1. The predicted molar refractivity (Wildman–Crippen MR) is 34.9 cm³/mol. The summed E-state index contributed by atoms with van der Waals surface area (Å²) in [5.74, 6) is 0.917. The van der Waals surface area contributed by atoms with Gasteiger partial charge in [-0.2, -0.15) is 0 Å². The van der Waals surface area contributed by atoms with Crippen LogP contribution in [0.2, 0.25) is 0 Å². The smallest absolute Gasteiger partial charge is 0.113 e. The summed E-state index contributed by atoms with van der Waals surface area (Å²) in [4.78, 5) is 6.96. The molecule has 1 heterocycles. The highest BCUT2D eigenvalue weighted by Gasteiger charge is 1.92. The monoisotopic (exact) mass is 124 g/mol. The molecule has 0 aliphatic carbocycles. The van der Waals surface area contributed by atoms with Crippen molar-refractivity contribution in [2.75, 3.05) is 7.05 Å². The van der Waals surface area contributed by atoms with Gasteiger partial charge in [-0.25, -0.2) is 4.98 Å². The number of nitrogens with zero attached hydrogens (tertiary/aromatic N) is 1. The van der Waals surface area contributed by atoms with E-state index in [1.807, 2.05) is 14.0 Å². The van der Waals surface area contributed by atoms with Gasteiger partial charge < -0.3 is 10.3 Å². The zero-order valence-electron chi connectivity index (χ0n) is 5.65. The van der Waals surface area contributed by atoms with Gasteiger partial charge in [-0.05, 0) is 14.0 Å². The van der Waals surface area contributed by atoms with Crippen LogP contribution in [0.5, 0.6) is 0 Å². The van der Waals surface area contributed by atoms with Gasteiger partial charge in [-0.1, -0.05) is 0 Å². The van der Waals surface area contributed by atoms with Gasteiger partial charge >= 0.3 is 0 Å². The summed E-state index contributed by atoms with van der Waals surface area (Å²) >= 11 is 0. The third-order valence-corrected chi connectivity index (χ3v) is 1.04. The van der Waals surface area contributed by atoms with Crippen molar-refractivity contribution in [1.29, 1.82) is 0 Å². The van der Waals surface area contributed by atoms with Gasteiger partial charge in [0.05, 0.1) is 5.69 Å². The van der Waals surface area contributed by atoms with E-state index in [4.69, 9.17) is 0 Å². The molecule has 3 nitrogen and oxygen atoms in total. The molecule has 0 fully saturated rings. The molecule has 0 aliphatic heterocycles. The number of aromatic nitrogens is 2. The lowest BCUT2D eigenvalue weighted by Crippen LogP contribution is -2.05. The van der Waals surface area contributed by atoms with Crippen LogP contribution in [0.4, 0.5) is 0 Å². The Morgan fingerprint density at radius 1 is 1.78 bits per heavy atom. The standard InChI is InChI=1S/C6H10N3/c1-5-8-4-6(9-5)3-7-2/h7H,3H2,1-2H3,(H,8,9). The summed E-state index contributed by atoms with van der Waals surface area (Å²) < 4.78 is 0. The molecule has 0 aliphatic rings. The minimum absolute atomic E-state index is 0.806. The summed E-state index contributed by atoms with van der Waals surface area (Å²) in [6.07, 6.45) is 2.84. The molecule has 1 aromatic rings. The third-order valence-electron chi connectivity index (χ3n) is 1.04. The van der Waals surface area contributed by atoms with Gasteiger partial charge in [-0.3, -0.25) is 0 Å². The van der Waals surface area contributed by atoms with Crippen molar-refractivity contribution in [1.82, 2.24) is 15.3 Å². The fourth-order valence-electron chi connectivity index (χ4n) is 0.686. The van der Waals surface area contributed by atoms with Crippen molar-refractivity contribution in [2.45, 2.75) is 13.5 Å². The van der Waals surface area contributed by atoms with Crippen molar-refractivity contribution in [3.05, 3.63) is 17.7 Å². The predicted octanol–water partition coefficient (Wildman–Crippen LogP) is 0.238. The van der Waals surface area contributed by atoms with Gasteiger partial charge in [0.25, 0.3) is 0 Å². The van der Waals surface area contributed by atoms with Gasteiger partial charge in [0.1, 0.15) is 12.0 Å². The average molecular weight is 124 g/mol. The highest BCUT2D eigenvalue weighted by molar-refractivity contribution is 4.96. The second kappa shape index (κ2) is 2.64. The summed E-state index contributed by atoms with van der Waals surface area (Å²) in [6.45, 7) is 2.72. The van der Waals surface area contributed by atoms with Crippen molar-refractivity contribution >= 4 is 0 Å². The van der Waals surface area contributed by atoms with Crippen molar-refractivity contribution in [3.8, 4) is 0 Å². The number of aryl methyl sites for hydroxylation is 1. The number of nitrogens with one attached hydrogen (secondary N) is 2. The SMILES string of the molecule is CNCc1[c]nc(C)[nH]1. The Morgan fingerprint density at radius 2 is 2.56 bits per heavy atom. The van der Waals surface area contributed by atoms with E-state index in [9.17, 15) is 0 Å². The first kappa shape index (κ1) is 6.29. The van der Waals surface area contributed by atoms with Crippen LogP contribution in [0, 0.1) is 13.1 Å². The molecule has 1 rings (SSSR count). The van der Waals surface area contributed by atoms with Crippen LogP contribution in [0.3, 0.4) is 0 Å². The van der Waals surface area contributed by atoms with Crippen LogP contribution in [-0.2, 0) is 6.54 Å². The maximum atomic E-state index is 3.91. The maximum Gasteiger partial charge on any atom is 0.113 e. The van der Waals surface area contributed by atoms with Crippen LogP contribution in [0.25, 0.3) is 0 Å². The Hall–Kier alpha value is -0.830. The second-order valence-corrected chi connectivity index (χ2v) is 1.94. The number of hydrogen-bond donors (Lipinski definition) is 2. The first-order valence-electron chi connectivity index (χ1n) is 2.90. The van der Waals surface area contributed by atoms with Crippen LogP contribution in [0.1, 0.15) is 11.5 Å². The minimum Gasteiger partial charge on any atom is -0.344 e. The van der Waals surface area contributed by atoms with Crippen molar-refractivity contribution < 1.29 is 0 Å². The van der Waals surface area contributed by atoms with Crippen molar-refractivity contribution in [3.63, 3.8) is 0 Å². The molecule has 49 valence electrons. The lowest BCUT2D eigenvalue weighted by atomic mass is 10.5. The summed E-state index contributed by atoms with van der Waals surface area (Å²) in [5, 5.41) is 2.99. The van der Waals surface area contributed by atoms with E-state index < -0.39 is 0 Å². The van der Waals surface area contributed by atoms with E-state index in [-0.39, 0.29) is 0 Å². The topological polar surface area (TPSA) is 40.7 Å². The highest BCUT2D eigenvalue weighted by atomic mass is 14.9. The molecule has 0 aromatic carbocycles. The molecule has 3 heteroatoms. The molecule has 0 amide bonds. The molecule has 0 atom stereocenters. The van der Waals surface area contributed by atoms with Gasteiger partial charge in [-0.15, -0.1) is 0 Å². The Kier molecular flexibility index (Phi) is 1.85. The number of hydrogen-bond acceptors (Lipinski definition) is 2.